The van der Waals surface area contributed by atoms with Gasteiger partial charge in [0, 0.05) is 48.1 Å². The standard InChI is InChI=1S/C21H21FN2O/c22-16-9-7-15(8-10-16)21(25)6-3-12-24-13-11-20-18(14-24)17-4-1-2-5-19(17)23-20/h1-2,4-5,7-10,23H,3,6,11-14H2. The smallest absolute Gasteiger partial charge is 0.162 e. The quantitative estimate of drug-likeness (QED) is 0.704. The molecular formula is C21H21FN2O. The summed E-state index contributed by atoms with van der Waals surface area (Å²) in [4.78, 5) is 18.1. The molecule has 0 unspecified atom stereocenters. The Morgan fingerprint density at radius 3 is 2.76 bits per heavy atom. The molecular weight excluding hydrogens is 315 g/mol. The molecule has 0 amide bonds. The highest BCUT2D eigenvalue weighted by Gasteiger charge is 2.20. The molecule has 1 aliphatic heterocycles. The van der Waals surface area contributed by atoms with E-state index >= 15 is 0 Å². The third-order valence-corrected chi connectivity index (χ3v) is 5.01. The van der Waals surface area contributed by atoms with Gasteiger partial charge in [0.05, 0.1) is 0 Å². The van der Waals surface area contributed by atoms with Crippen molar-refractivity contribution in [2.45, 2.75) is 25.8 Å². The molecule has 25 heavy (non-hydrogen) atoms. The van der Waals surface area contributed by atoms with Crippen molar-refractivity contribution < 1.29 is 9.18 Å². The summed E-state index contributed by atoms with van der Waals surface area (Å²) in [5, 5.41) is 1.31. The minimum Gasteiger partial charge on any atom is -0.358 e. The number of halogens is 1. The molecule has 4 rings (SSSR count). The number of nitrogens with one attached hydrogen (secondary N) is 1. The van der Waals surface area contributed by atoms with Gasteiger partial charge in [0.25, 0.3) is 0 Å². The van der Waals surface area contributed by atoms with Gasteiger partial charge in [-0.15, -0.1) is 0 Å². The van der Waals surface area contributed by atoms with Crippen LogP contribution >= 0.6 is 0 Å². The number of fused-ring (bicyclic) bond motifs is 3. The van der Waals surface area contributed by atoms with Gasteiger partial charge < -0.3 is 4.98 Å². The molecule has 0 atom stereocenters. The van der Waals surface area contributed by atoms with Crippen LogP contribution in [0.4, 0.5) is 4.39 Å². The second-order valence-electron chi connectivity index (χ2n) is 6.69. The number of nitrogens with zero attached hydrogens (tertiary/aromatic N) is 1. The Morgan fingerprint density at radius 1 is 1.12 bits per heavy atom. The highest BCUT2D eigenvalue weighted by Crippen LogP contribution is 2.27. The number of H-pyrrole nitrogens is 1. The van der Waals surface area contributed by atoms with Gasteiger partial charge in [-0.3, -0.25) is 9.69 Å². The van der Waals surface area contributed by atoms with E-state index in [4.69, 9.17) is 0 Å². The Bertz CT molecular complexity index is 898. The van der Waals surface area contributed by atoms with Crippen molar-refractivity contribution in [1.29, 1.82) is 0 Å². The highest BCUT2D eigenvalue weighted by molar-refractivity contribution is 5.95. The van der Waals surface area contributed by atoms with Crippen LogP contribution in [-0.4, -0.2) is 28.8 Å². The number of carbonyl (C=O) groups excluding carboxylic acids is 1. The number of hydrogen-bond acceptors (Lipinski definition) is 2. The summed E-state index contributed by atoms with van der Waals surface area (Å²) in [5.41, 5.74) is 4.55. The second kappa shape index (κ2) is 6.81. The largest absolute Gasteiger partial charge is 0.358 e. The van der Waals surface area contributed by atoms with Gasteiger partial charge in [-0.25, -0.2) is 4.39 Å². The lowest BCUT2D eigenvalue weighted by atomic mass is 10.0. The van der Waals surface area contributed by atoms with E-state index in [9.17, 15) is 9.18 Å². The van der Waals surface area contributed by atoms with Gasteiger partial charge in [-0.1, -0.05) is 18.2 Å². The van der Waals surface area contributed by atoms with E-state index in [1.807, 2.05) is 0 Å². The third-order valence-electron chi connectivity index (χ3n) is 5.01. The molecule has 1 aromatic heterocycles. The van der Waals surface area contributed by atoms with Crippen LogP contribution in [0.5, 0.6) is 0 Å². The summed E-state index contributed by atoms with van der Waals surface area (Å²) < 4.78 is 12.9. The van der Waals surface area contributed by atoms with E-state index in [0.29, 0.717) is 12.0 Å². The van der Waals surface area contributed by atoms with E-state index < -0.39 is 0 Å². The van der Waals surface area contributed by atoms with Crippen molar-refractivity contribution in [3.63, 3.8) is 0 Å². The van der Waals surface area contributed by atoms with Crippen LogP contribution in [0.1, 0.15) is 34.5 Å². The van der Waals surface area contributed by atoms with Crippen molar-refractivity contribution in [2.24, 2.45) is 0 Å². The van der Waals surface area contributed by atoms with Gasteiger partial charge in [0.15, 0.2) is 5.78 Å². The first-order chi connectivity index (χ1) is 12.2. The number of hydrogen-bond donors (Lipinski definition) is 1. The summed E-state index contributed by atoms with van der Waals surface area (Å²) in [7, 11) is 0. The van der Waals surface area contributed by atoms with Crippen LogP contribution in [0.15, 0.2) is 48.5 Å². The molecule has 0 spiro atoms. The number of ketones is 1. The predicted octanol–water partition coefficient (Wildman–Crippen LogP) is 4.33. The minimum absolute atomic E-state index is 0.0878. The Kier molecular flexibility index (Phi) is 4.36. The molecule has 3 aromatic rings. The minimum atomic E-state index is -0.306. The Balaban J connectivity index is 1.35. The molecule has 0 saturated carbocycles. The van der Waals surface area contributed by atoms with Crippen LogP contribution in [0, 0.1) is 5.82 Å². The number of para-hydroxylation sites is 1. The normalized spacial score (nSPS) is 14.6. The van der Waals surface area contributed by atoms with Crippen molar-refractivity contribution in [3.8, 4) is 0 Å². The van der Waals surface area contributed by atoms with Crippen LogP contribution in [-0.2, 0) is 13.0 Å². The van der Waals surface area contributed by atoms with E-state index in [1.165, 1.54) is 34.3 Å². The molecule has 2 heterocycles. The molecule has 0 bridgehead atoms. The fourth-order valence-corrected chi connectivity index (χ4v) is 3.66. The van der Waals surface area contributed by atoms with Crippen molar-refractivity contribution in [2.75, 3.05) is 13.1 Å². The Morgan fingerprint density at radius 2 is 1.92 bits per heavy atom. The Hall–Kier alpha value is -2.46. The lowest BCUT2D eigenvalue weighted by Crippen LogP contribution is -2.31. The lowest BCUT2D eigenvalue weighted by Gasteiger charge is -2.27. The average Bonchev–Trinajstić information content (AvgIpc) is 3.00. The monoisotopic (exact) mass is 336 g/mol. The van der Waals surface area contributed by atoms with Crippen molar-refractivity contribution in [1.82, 2.24) is 9.88 Å². The molecule has 0 saturated heterocycles. The Labute approximate surface area is 146 Å². The molecule has 0 fully saturated rings. The maximum absolute atomic E-state index is 12.9. The van der Waals surface area contributed by atoms with Crippen molar-refractivity contribution >= 4 is 16.7 Å². The van der Waals surface area contributed by atoms with Gasteiger partial charge in [0.1, 0.15) is 5.82 Å². The highest BCUT2D eigenvalue weighted by atomic mass is 19.1. The van der Waals surface area contributed by atoms with Gasteiger partial charge >= 0.3 is 0 Å². The van der Waals surface area contributed by atoms with E-state index in [0.717, 1.165) is 32.5 Å². The summed E-state index contributed by atoms with van der Waals surface area (Å²) >= 11 is 0. The van der Waals surface area contributed by atoms with Crippen LogP contribution < -0.4 is 0 Å². The number of aromatic amines is 1. The zero-order valence-electron chi connectivity index (χ0n) is 14.1. The maximum atomic E-state index is 12.9. The second-order valence-corrected chi connectivity index (χ2v) is 6.69. The number of Topliss-reactive ketones (excluding diaryl/α,β-unsaturated/α-hetero) is 1. The predicted molar refractivity (Wildman–Crippen MR) is 97.2 cm³/mol. The van der Waals surface area contributed by atoms with Crippen molar-refractivity contribution in [3.05, 3.63) is 71.2 Å². The summed E-state index contributed by atoms with van der Waals surface area (Å²) in [5.74, 6) is -0.218. The fourth-order valence-electron chi connectivity index (χ4n) is 3.66. The van der Waals surface area contributed by atoms with Crippen LogP contribution in [0.3, 0.4) is 0 Å². The molecule has 3 nitrogen and oxygen atoms in total. The van der Waals surface area contributed by atoms with Gasteiger partial charge in [-0.2, -0.15) is 0 Å². The number of aromatic nitrogens is 1. The molecule has 0 aliphatic carbocycles. The van der Waals surface area contributed by atoms with E-state index in [1.54, 1.807) is 12.1 Å². The zero-order valence-corrected chi connectivity index (χ0v) is 14.1. The van der Waals surface area contributed by atoms with E-state index in [-0.39, 0.29) is 11.6 Å². The van der Waals surface area contributed by atoms with Gasteiger partial charge in [0.2, 0.25) is 0 Å². The summed E-state index contributed by atoms with van der Waals surface area (Å²) in [6.45, 7) is 2.86. The number of carbonyl (C=O) groups is 1. The summed E-state index contributed by atoms with van der Waals surface area (Å²) in [6, 6.07) is 14.3. The topological polar surface area (TPSA) is 36.1 Å². The molecule has 1 N–H and O–H groups in total. The first-order valence-corrected chi connectivity index (χ1v) is 8.80. The van der Waals surface area contributed by atoms with Crippen LogP contribution in [0.25, 0.3) is 10.9 Å². The zero-order chi connectivity index (χ0) is 17.2. The SMILES string of the molecule is O=C(CCCN1CCc2[nH]c3ccccc3c2C1)c1ccc(F)cc1. The van der Waals surface area contributed by atoms with E-state index in [2.05, 4.69) is 34.1 Å². The first kappa shape index (κ1) is 16.0. The molecule has 0 radical (unpaired) electrons. The first-order valence-electron chi connectivity index (χ1n) is 8.80. The number of benzene rings is 2. The fraction of sp³-hybridized carbons (Fsp3) is 0.286. The lowest BCUT2D eigenvalue weighted by molar-refractivity contribution is 0.0973. The molecule has 128 valence electrons. The molecule has 4 heteroatoms. The maximum Gasteiger partial charge on any atom is 0.162 e. The average molecular weight is 336 g/mol. The number of rotatable bonds is 5. The van der Waals surface area contributed by atoms with Gasteiger partial charge in [-0.05, 0) is 48.9 Å². The summed E-state index contributed by atoms with van der Waals surface area (Å²) in [6.07, 6.45) is 2.35. The molecule has 2 aromatic carbocycles. The molecule has 1 aliphatic rings. The third kappa shape index (κ3) is 3.35. The van der Waals surface area contributed by atoms with Crippen LogP contribution in [0.2, 0.25) is 0 Å².